The van der Waals surface area contributed by atoms with Gasteiger partial charge in [-0.3, -0.25) is 0 Å². The molecule has 1 unspecified atom stereocenters. The van der Waals surface area contributed by atoms with Crippen LogP contribution in [0.5, 0.6) is 0 Å². The van der Waals surface area contributed by atoms with Crippen molar-refractivity contribution < 1.29 is 0 Å². The van der Waals surface area contributed by atoms with Crippen LogP contribution in [0.4, 0.5) is 0 Å². The lowest BCUT2D eigenvalue weighted by Gasteiger charge is -2.07. The van der Waals surface area contributed by atoms with Crippen LogP contribution in [0.2, 0.25) is 0 Å². The van der Waals surface area contributed by atoms with Crippen LogP contribution in [-0.2, 0) is 6.42 Å². The Morgan fingerprint density at radius 1 is 1.67 bits per heavy atom. The maximum Gasteiger partial charge on any atom is 0.0285 e. The highest BCUT2D eigenvalue weighted by atomic mass is 79.9. The number of nitrogens with one attached hydrogen (secondary N) is 1. The Morgan fingerprint density at radius 2 is 2.42 bits per heavy atom. The van der Waals surface area contributed by atoms with E-state index in [9.17, 15) is 0 Å². The minimum absolute atomic E-state index is 0.617. The molecule has 1 aromatic rings. The molecule has 0 amide bonds. The van der Waals surface area contributed by atoms with Gasteiger partial charge in [0.2, 0.25) is 0 Å². The summed E-state index contributed by atoms with van der Waals surface area (Å²) in [7, 11) is 2.01. The van der Waals surface area contributed by atoms with Crippen molar-refractivity contribution in [3.05, 3.63) is 20.8 Å². The van der Waals surface area contributed by atoms with Gasteiger partial charge < -0.3 is 5.32 Å². The molecule has 12 heavy (non-hydrogen) atoms. The van der Waals surface area contributed by atoms with E-state index in [0.717, 1.165) is 0 Å². The molecule has 0 aliphatic heterocycles. The first kappa shape index (κ1) is 10.2. The zero-order valence-electron chi connectivity index (χ0n) is 7.43. The van der Waals surface area contributed by atoms with Gasteiger partial charge in [-0.15, -0.1) is 11.3 Å². The van der Waals surface area contributed by atoms with Crippen molar-refractivity contribution >= 4 is 27.3 Å². The number of hydrogen-bond donors (Lipinski definition) is 1. The minimum atomic E-state index is 0.617. The van der Waals surface area contributed by atoms with Crippen LogP contribution in [0.1, 0.15) is 18.2 Å². The van der Waals surface area contributed by atoms with Gasteiger partial charge in [-0.2, -0.15) is 0 Å². The highest BCUT2D eigenvalue weighted by Gasteiger charge is 2.01. The molecule has 68 valence electrons. The van der Waals surface area contributed by atoms with E-state index in [0.29, 0.717) is 6.04 Å². The van der Waals surface area contributed by atoms with E-state index in [4.69, 9.17) is 0 Å². The van der Waals surface area contributed by atoms with Gasteiger partial charge in [-0.05, 0) is 48.8 Å². The average Bonchev–Trinajstić information content (AvgIpc) is 2.47. The highest BCUT2D eigenvalue weighted by molar-refractivity contribution is 9.10. The molecule has 3 heteroatoms. The Kier molecular flexibility index (Phi) is 4.26. The van der Waals surface area contributed by atoms with Crippen molar-refractivity contribution in [2.45, 2.75) is 25.8 Å². The van der Waals surface area contributed by atoms with E-state index in [1.54, 1.807) is 0 Å². The largest absolute Gasteiger partial charge is 0.317 e. The normalized spacial score (nSPS) is 13.2. The van der Waals surface area contributed by atoms with Gasteiger partial charge in [0, 0.05) is 20.8 Å². The lowest BCUT2D eigenvalue weighted by Crippen LogP contribution is -2.21. The van der Waals surface area contributed by atoms with Crippen molar-refractivity contribution in [3.63, 3.8) is 0 Å². The van der Waals surface area contributed by atoms with Crippen LogP contribution in [-0.4, -0.2) is 13.1 Å². The number of rotatable bonds is 4. The predicted molar refractivity (Wildman–Crippen MR) is 58.9 cm³/mol. The zero-order valence-corrected chi connectivity index (χ0v) is 9.83. The molecule has 0 aliphatic carbocycles. The number of hydrogen-bond acceptors (Lipinski definition) is 2. The van der Waals surface area contributed by atoms with Crippen molar-refractivity contribution in [1.82, 2.24) is 5.32 Å². The Bertz CT molecular complexity index is 234. The predicted octanol–water partition coefficient (Wildman–Crippen LogP) is 3.05. The Labute approximate surface area is 86.3 Å². The zero-order chi connectivity index (χ0) is 8.97. The molecule has 0 aliphatic rings. The summed E-state index contributed by atoms with van der Waals surface area (Å²) in [6.45, 7) is 2.21. The van der Waals surface area contributed by atoms with Gasteiger partial charge >= 0.3 is 0 Å². The smallest absolute Gasteiger partial charge is 0.0285 e. The van der Waals surface area contributed by atoms with Gasteiger partial charge in [-0.1, -0.05) is 0 Å². The third-order valence-corrected chi connectivity index (χ3v) is 3.70. The van der Waals surface area contributed by atoms with Crippen molar-refractivity contribution in [3.8, 4) is 0 Å². The number of aryl methyl sites for hydroxylation is 1. The quantitative estimate of drug-likeness (QED) is 0.863. The molecule has 1 aromatic heterocycles. The van der Waals surface area contributed by atoms with Crippen LogP contribution in [0, 0.1) is 0 Å². The first-order valence-electron chi connectivity index (χ1n) is 4.12. The fraction of sp³-hybridized carbons (Fsp3) is 0.556. The molecule has 1 heterocycles. The molecule has 1 atom stereocenters. The van der Waals surface area contributed by atoms with Gasteiger partial charge in [0.15, 0.2) is 0 Å². The van der Waals surface area contributed by atoms with E-state index in [1.165, 1.54) is 22.2 Å². The maximum absolute atomic E-state index is 3.45. The van der Waals surface area contributed by atoms with Crippen molar-refractivity contribution in [2.75, 3.05) is 7.05 Å². The summed E-state index contributed by atoms with van der Waals surface area (Å²) in [6, 6.07) is 2.82. The van der Waals surface area contributed by atoms with E-state index >= 15 is 0 Å². The molecule has 0 saturated heterocycles. The Balaban J connectivity index is 2.33. The summed E-state index contributed by atoms with van der Waals surface area (Å²) in [5.74, 6) is 0. The van der Waals surface area contributed by atoms with Gasteiger partial charge in [0.1, 0.15) is 0 Å². The van der Waals surface area contributed by atoms with Crippen LogP contribution >= 0.6 is 27.3 Å². The molecular formula is C9H14BrNS. The first-order valence-corrected chi connectivity index (χ1v) is 5.80. The second-order valence-electron chi connectivity index (χ2n) is 2.96. The molecule has 0 spiro atoms. The summed E-state index contributed by atoms with van der Waals surface area (Å²) >= 11 is 5.28. The van der Waals surface area contributed by atoms with Gasteiger partial charge in [0.25, 0.3) is 0 Å². The number of thiophene rings is 1. The van der Waals surface area contributed by atoms with E-state index in [1.807, 2.05) is 18.4 Å². The monoisotopic (exact) mass is 247 g/mol. The van der Waals surface area contributed by atoms with Crippen LogP contribution in [0.15, 0.2) is 15.9 Å². The summed E-state index contributed by atoms with van der Waals surface area (Å²) in [5.41, 5.74) is 0. The molecule has 0 aromatic carbocycles. The van der Waals surface area contributed by atoms with Gasteiger partial charge in [-0.25, -0.2) is 0 Å². The average molecular weight is 248 g/mol. The molecule has 0 saturated carbocycles. The summed E-state index contributed by atoms with van der Waals surface area (Å²) in [6.07, 6.45) is 2.39. The molecule has 1 N–H and O–H groups in total. The highest BCUT2D eigenvalue weighted by Crippen LogP contribution is 2.21. The molecule has 1 nitrogen and oxygen atoms in total. The SMILES string of the molecule is CNC(C)CCc1cc(Br)cs1. The number of halogens is 1. The van der Waals surface area contributed by atoms with Crippen LogP contribution in [0.25, 0.3) is 0 Å². The maximum atomic E-state index is 3.45. The van der Waals surface area contributed by atoms with Crippen molar-refractivity contribution in [1.29, 1.82) is 0 Å². The molecular weight excluding hydrogens is 234 g/mol. The summed E-state index contributed by atoms with van der Waals surface area (Å²) in [4.78, 5) is 1.46. The van der Waals surface area contributed by atoms with Crippen molar-refractivity contribution in [2.24, 2.45) is 0 Å². The molecule has 0 radical (unpaired) electrons. The van der Waals surface area contributed by atoms with Crippen LogP contribution < -0.4 is 5.32 Å². The summed E-state index contributed by atoms with van der Waals surface area (Å²) < 4.78 is 1.21. The molecule has 0 bridgehead atoms. The first-order chi connectivity index (χ1) is 5.72. The lowest BCUT2D eigenvalue weighted by atomic mass is 10.2. The van der Waals surface area contributed by atoms with E-state index < -0.39 is 0 Å². The summed E-state index contributed by atoms with van der Waals surface area (Å²) in [5, 5.41) is 5.37. The van der Waals surface area contributed by atoms with Gasteiger partial charge in [0.05, 0.1) is 0 Å². The fourth-order valence-corrected chi connectivity index (χ4v) is 2.46. The molecule has 0 fully saturated rings. The van der Waals surface area contributed by atoms with E-state index in [2.05, 4.69) is 39.6 Å². The lowest BCUT2D eigenvalue weighted by molar-refractivity contribution is 0.567. The fourth-order valence-electron chi connectivity index (χ4n) is 0.988. The minimum Gasteiger partial charge on any atom is -0.317 e. The Hall–Kier alpha value is 0.140. The topological polar surface area (TPSA) is 12.0 Å². The molecule has 1 rings (SSSR count). The van der Waals surface area contributed by atoms with Crippen LogP contribution in [0.3, 0.4) is 0 Å². The second-order valence-corrected chi connectivity index (χ2v) is 4.87. The second kappa shape index (κ2) is 5.00. The standard InChI is InChI=1S/C9H14BrNS/c1-7(11-2)3-4-9-5-8(10)6-12-9/h5-7,11H,3-4H2,1-2H3. The Morgan fingerprint density at radius 3 is 2.92 bits per heavy atom. The third-order valence-electron chi connectivity index (χ3n) is 1.94. The van der Waals surface area contributed by atoms with E-state index in [-0.39, 0.29) is 0 Å². The third kappa shape index (κ3) is 3.25.